The molecule has 0 radical (unpaired) electrons. The van der Waals surface area contributed by atoms with E-state index in [-0.39, 0.29) is 6.42 Å². The van der Waals surface area contributed by atoms with Gasteiger partial charge >= 0.3 is 0 Å². The maximum absolute atomic E-state index is 14.9. The van der Waals surface area contributed by atoms with Crippen LogP contribution in [0.1, 0.15) is 17.1 Å². The van der Waals surface area contributed by atoms with Gasteiger partial charge in [-0.1, -0.05) is 0 Å². The normalized spacial score (nSPS) is 22.1. The number of nitrogens with zero attached hydrogens (tertiary/aromatic N) is 4. The Kier molecular flexibility index (Phi) is 4.30. The van der Waals surface area contributed by atoms with Crippen LogP contribution in [-0.2, 0) is 13.0 Å². The molecule has 0 amide bonds. The van der Waals surface area contributed by atoms with Gasteiger partial charge in [-0.05, 0) is 6.42 Å². The van der Waals surface area contributed by atoms with Crippen LogP contribution in [0.2, 0.25) is 0 Å². The minimum atomic E-state index is -1.35. The van der Waals surface area contributed by atoms with Crippen molar-refractivity contribution in [2.45, 2.75) is 25.1 Å². The minimum absolute atomic E-state index is 0.119. The molecule has 2 aromatic rings. The molecule has 0 spiro atoms. The van der Waals surface area contributed by atoms with E-state index in [1.54, 1.807) is 11.3 Å². The number of thiazole rings is 1. The Labute approximate surface area is 131 Å². The number of likely N-dealkylation sites (tertiary alicyclic amines) is 1. The number of hydrogen-bond donors (Lipinski definition) is 1. The first kappa shape index (κ1) is 15.2. The van der Waals surface area contributed by atoms with E-state index in [9.17, 15) is 8.78 Å². The Bertz CT molecular complexity index is 632. The second-order valence-electron chi connectivity index (χ2n) is 5.49. The average molecular weight is 325 g/mol. The summed E-state index contributed by atoms with van der Waals surface area (Å²) in [5.41, 5.74) is -1.35. The maximum Gasteiger partial charge on any atom is 0.182 e. The van der Waals surface area contributed by atoms with Crippen LogP contribution in [0.5, 0.6) is 0 Å². The molecule has 118 valence electrons. The lowest BCUT2D eigenvalue weighted by Gasteiger charge is -2.19. The third-order valence-electron chi connectivity index (χ3n) is 3.68. The number of alkyl halides is 1. The number of hydrogen-bond acceptors (Lipinski definition) is 6. The molecule has 1 aliphatic heterocycles. The van der Waals surface area contributed by atoms with Gasteiger partial charge in [-0.15, -0.1) is 11.3 Å². The largest absolute Gasteiger partial charge is 0.365 e. The van der Waals surface area contributed by atoms with Crippen molar-refractivity contribution in [3.05, 3.63) is 35.1 Å². The molecule has 1 saturated heterocycles. The van der Waals surface area contributed by atoms with Gasteiger partial charge in [-0.25, -0.2) is 23.7 Å². The topological polar surface area (TPSA) is 53.9 Å². The summed E-state index contributed by atoms with van der Waals surface area (Å²) in [7, 11) is 1.83. The van der Waals surface area contributed by atoms with Crippen molar-refractivity contribution >= 4 is 16.5 Å². The van der Waals surface area contributed by atoms with Crippen molar-refractivity contribution in [3.63, 3.8) is 0 Å². The molecule has 1 atom stereocenters. The zero-order chi connectivity index (χ0) is 15.6. The van der Waals surface area contributed by atoms with Crippen molar-refractivity contribution in [1.82, 2.24) is 19.9 Å². The Morgan fingerprint density at radius 3 is 2.77 bits per heavy atom. The van der Waals surface area contributed by atoms with Crippen LogP contribution in [0.25, 0.3) is 0 Å². The highest BCUT2D eigenvalue weighted by atomic mass is 32.1. The standard InChI is InChI=1S/C14H17F2N5S/c1-17-13-20-7-11(22-13)8-21-3-2-14(16,9-21)4-12-18-5-10(15)6-19-12/h5-7H,2-4,8-9H2,1H3,(H,17,20). The average Bonchev–Trinajstić information content (AvgIpc) is 3.09. The highest BCUT2D eigenvalue weighted by Crippen LogP contribution is 2.30. The van der Waals surface area contributed by atoms with Crippen molar-refractivity contribution in [2.24, 2.45) is 0 Å². The fourth-order valence-electron chi connectivity index (χ4n) is 2.63. The second kappa shape index (κ2) is 6.21. The second-order valence-corrected chi connectivity index (χ2v) is 6.60. The van der Waals surface area contributed by atoms with Gasteiger partial charge in [0.2, 0.25) is 0 Å². The fraction of sp³-hybridized carbons (Fsp3) is 0.500. The summed E-state index contributed by atoms with van der Waals surface area (Å²) >= 11 is 1.57. The van der Waals surface area contributed by atoms with Crippen molar-refractivity contribution in [2.75, 3.05) is 25.5 Å². The minimum Gasteiger partial charge on any atom is -0.365 e. The van der Waals surface area contributed by atoms with E-state index in [1.807, 2.05) is 13.2 Å². The van der Waals surface area contributed by atoms with Gasteiger partial charge in [0.25, 0.3) is 0 Å². The van der Waals surface area contributed by atoms with Crippen LogP contribution in [0, 0.1) is 5.82 Å². The highest BCUT2D eigenvalue weighted by Gasteiger charge is 2.39. The monoisotopic (exact) mass is 325 g/mol. The van der Waals surface area contributed by atoms with E-state index in [0.29, 0.717) is 31.9 Å². The number of aromatic nitrogens is 3. The van der Waals surface area contributed by atoms with Crippen molar-refractivity contribution in [3.8, 4) is 0 Å². The molecule has 1 N–H and O–H groups in total. The first-order valence-corrected chi connectivity index (χ1v) is 7.88. The zero-order valence-corrected chi connectivity index (χ0v) is 13.0. The van der Waals surface area contributed by atoms with Crippen molar-refractivity contribution in [1.29, 1.82) is 0 Å². The van der Waals surface area contributed by atoms with Crippen LogP contribution in [0.3, 0.4) is 0 Å². The summed E-state index contributed by atoms with van der Waals surface area (Å²) in [6, 6.07) is 0. The number of nitrogens with one attached hydrogen (secondary N) is 1. The van der Waals surface area contributed by atoms with Gasteiger partial charge < -0.3 is 5.32 Å². The smallest absolute Gasteiger partial charge is 0.182 e. The number of rotatable bonds is 5. The molecule has 8 heteroatoms. The van der Waals surface area contributed by atoms with Crippen LogP contribution < -0.4 is 5.32 Å². The molecule has 2 aromatic heterocycles. The van der Waals surface area contributed by atoms with Crippen LogP contribution in [0.15, 0.2) is 18.6 Å². The van der Waals surface area contributed by atoms with Crippen LogP contribution in [-0.4, -0.2) is 45.7 Å². The molecular formula is C14H17F2N5S. The molecule has 3 rings (SSSR count). The Morgan fingerprint density at radius 1 is 1.32 bits per heavy atom. The first-order chi connectivity index (χ1) is 10.6. The summed E-state index contributed by atoms with van der Waals surface area (Å²) in [4.78, 5) is 15.1. The van der Waals surface area contributed by atoms with E-state index < -0.39 is 11.5 Å². The van der Waals surface area contributed by atoms with E-state index in [4.69, 9.17) is 0 Å². The van der Waals surface area contributed by atoms with Gasteiger partial charge in [0, 0.05) is 44.2 Å². The maximum atomic E-state index is 14.9. The lowest BCUT2D eigenvalue weighted by Crippen LogP contribution is -2.31. The van der Waals surface area contributed by atoms with E-state index in [0.717, 1.165) is 22.4 Å². The third kappa shape index (κ3) is 3.56. The van der Waals surface area contributed by atoms with Crippen LogP contribution in [0.4, 0.5) is 13.9 Å². The Balaban J connectivity index is 1.59. The fourth-order valence-corrected chi connectivity index (χ4v) is 3.44. The summed E-state index contributed by atoms with van der Waals surface area (Å²) < 4.78 is 27.7. The highest BCUT2D eigenvalue weighted by molar-refractivity contribution is 7.15. The Hall–Kier alpha value is -1.67. The van der Waals surface area contributed by atoms with Crippen LogP contribution >= 0.6 is 11.3 Å². The van der Waals surface area contributed by atoms with Gasteiger partial charge in [-0.3, -0.25) is 4.90 Å². The molecule has 0 aromatic carbocycles. The molecule has 0 bridgehead atoms. The Morgan fingerprint density at radius 2 is 2.09 bits per heavy atom. The van der Waals surface area contributed by atoms with Gasteiger partial charge in [0.15, 0.2) is 10.9 Å². The van der Waals surface area contributed by atoms with Crippen molar-refractivity contribution < 1.29 is 8.78 Å². The molecule has 1 unspecified atom stereocenters. The van der Waals surface area contributed by atoms with E-state index in [1.165, 1.54) is 0 Å². The summed E-state index contributed by atoms with van der Waals surface area (Å²) in [6.07, 6.45) is 4.53. The molecule has 5 nitrogen and oxygen atoms in total. The van der Waals surface area contributed by atoms with Gasteiger partial charge in [-0.2, -0.15) is 0 Å². The molecule has 3 heterocycles. The summed E-state index contributed by atoms with van der Waals surface area (Å²) in [5.74, 6) is -0.156. The predicted molar refractivity (Wildman–Crippen MR) is 81.1 cm³/mol. The molecule has 1 fully saturated rings. The molecule has 1 aliphatic rings. The quantitative estimate of drug-likeness (QED) is 0.914. The zero-order valence-electron chi connectivity index (χ0n) is 12.2. The SMILES string of the molecule is CNc1ncc(CN2CCC(F)(Cc3ncc(F)cn3)C2)s1. The van der Waals surface area contributed by atoms with E-state index in [2.05, 4.69) is 25.2 Å². The molecule has 0 aliphatic carbocycles. The number of anilines is 1. The predicted octanol–water partition coefficient (Wildman–Crippen LogP) is 2.27. The molecule has 0 saturated carbocycles. The third-order valence-corrected chi connectivity index (χ3v) is 4.68. The van der Waals surface area contributed by atoms with Gasteiger partial charge in [0.1, 0.15) is 11.5 Å². The summed E-state index contributed by atoms with van der Waals surface area (Å²) in [6.45, 7) is 1.71. The van der Waals surface area contributed by atoms with E-state index >= 15 is 0 Å². The first-order valence-electron chi connectivity index (χ1n) is 7.06. The lowest BCUT2D eigenvalue weighted by atomic mass is 10.0. The molecule has 22 heavy (non-hydrogen) atoms. The van der Waals surface area contributed by atoms with Gasteiger partial charge in [0.05, 0.1) is 12.4 Å². The summed E-state index contributed by atoms with van der Waals surface area (Å²) in [5, 5.41) is 3.85. The molecular weight excluding hydrogens is 308 g/mol. The number of halogens is 2. The lowest BCUT2D eigenvalue weighted by molar-refractivity contribution is 0.161.